The summed E-state index contributed by atoms with van der Waals surface area (Å²) >= 11 is 0. The van der Waals surface area contributed by atoms with E-state index in [1.807, 2.05) is 0 Å². The van der Waals surface area contributed by atoms with E-state index >= 15 is 0 Å². The van der Waals surface area contributed by atoms with Gasteiger partial charge in [-0.15, -0.1) is 0 Å². The van der Waals surface area contributed by atoms with E-state index < -0.39 is 54.5 Å². The Hall–Kier alpha value is -1.34. The van der Waals surface area contributed by atoms with Crippen molar-refractivity contribution in [1.29, 1.82) is 0 Å². The Labute approximate surface area is 193 Å². The highest BCUT2D eigenvalue weighted by atomic mass is 31.3. The number of aliphatic hydroxyl groups is 1. The predicted octanol–water partition coefficient (Wildman–Crippen LogP) is -1.26. The topological polar surface area (TPSA) is 274 Å². The molecule has 0 aromatic rings. The average Bonchev–Trinajstić information content (AvgIpc) is 3.02. The number of hydrogen-bond donors (Lipinski definition) is 8. The number of aliphatic hydroxyl groups excluding tert-OH is 1. The van der Waals surface area contributed by atoms with Crippen LogP contribution < -0.4 is 16.8 Å². The maximum atomic E-state index is 12.3. The number of ether oxygens (including phenoxy) is 1. The normalized spacial score (nSPS) is 26.9. The Balaban J connectivity index is 1.98. The lowest BCUT2D eigenvalue weighted by molar-refractivity contribution is -0.0615. The molecular formula is C14H25N4O13P3. The zero-order valence-corrected chi connectivity index (χ0v) is 20.1. The Kier molecular flexibility index (Phi) is 9.85. The monoisotopic (exact) mass is 550 g/mol. The molecule has 5 unspecified atom stereocenters. The maximum absolute atomic E-state index is 12.3. The van der Waals surface area contributed by atoms with E-state index in [2.05, 4.69) is 30.3 Å². The summed E-state index contributed by atoms with van der Waals surface area (Å²) in [6.07, 6.45) is -2.55. The van der Waals surface area contributed by atoms with Gasteiger partial charge in [-0.25, -0.2) is 18.5 Å². The van der Waals surface area contributed by atoms with Gasteiger partial charge in [0.2, 0.25) is 0 Å². The number of urea groups is 1. The Morgan fingerprint density at radius 2 is 1.85 bits per heavy atom. The molecule has 0 aliphatic carbocycles. The Morgan fingerprint density at radius 3 is 2.47 bits per heavy atom. The van der Waals surface area contributed by atoms with Crippen LogP contribution in [0.4, 0.5) is 4.79 Å². The molecule has 0 spiro atoms. The lowest BCUT2D eigenvalue weighted by atomic mass is 10.1. The molecule has 0 bridgehead atoms. The van der Waals surface area contributed by atoms with Crippen molar-refractivity contribution in [3.05, 3.63) is 11.4 Å². The van der Waals surface area contributed by atoms with Gasteiger partial charge in [0.1, 0.15) is 18.2 Å². The first kappa shape index (κ1) is 28.9. The highest BCUT2D eigenvalue weighted by molar-refractivity contribution is 7.66. The van der Waals surface area contributed by atoms with Crippen LogP contribution in [0.1, 0.15) is 19.3 Å². The number of nitrogens with one attached hydrogen (secondary N) is 1. The van der Waals surface area contributed by atoms with Gasteiger partial charge in [-0.1, -0.05) is 11.8 Å². The highest BCUT2D eigenvalue weighted by Crippen LogP contribution is 2.66. The quantitative estimate of drug-likeness (QED) is 0.0896. The number of hydrogen-bond acceptors (Lipinski definition) is 11. The molecular weight excluding hydrogens is 525 g/mol. The largest absolute Gasteiger partial charge is 0.490 e. The van der Waals surface area contributed by atoms with Crippen molar-refractivity contribution in [1.82, 2.24) is 10.2 Å². The first-order chi connectivity index (χ1) is 15.6. The molecule has 1 fully saturated rings. The van der Waals surface area contributed by atoms with E-state index in [-0.39, 0.29) is 18.8 Å². The fourth-order valence-electron chi connectivity index (χ4n) is 2.82. The number of nitrogens with zero attached hydrogens (tertiary/aromatic N) is 1. The zero-order valence-electron chi connectivity index (χ0n) is 17.4. The van der Waals surface area contributed by atoms with Crippen LogP contribution in [0.3, 0.4) is 0 Å². The van der Waals surface area contributed by atoms with Crippen LogP contribution in [0.2, 0.25) is 0 Å². The van der Waals surface area contributed by atoms with Gasteiger partial charge >= 0.3 is 29.5 Å². The molecule has 2 amide bonds. The number of phosphoric acid groups is 3. The maximum Gasteiger partial charge on any atom is 0.490 e. The van der Waals surface area contributed by atoms with Crippen molar-refractivity contribution >= 4 is 29.5 Å². The van der Waals surface area contributed by atoms with Crippen LogP contribution in [0.25, 0.3) is 0 Å². The molecule has 2 aliphatic heterocycles. The minimum atomic E-state index is -5.68. The van der Waals surface area contributed by atoms with Crippen LogP contribution in [-0.4, -0.2) is 73.7 Å². The summed E-state index contributed by atoms with van der Waals surface area (Å²) in [6, 6.07) is -0.643. The molecule has 194 valence electrons. The fourth-order valence-corrected chi connectivity index (χ4v) is 5.85. The molecule has 17 nitrogen and oxygen atoms in total. The second-order valence-corrected chi connectivity index (χ2v) is 11.4. The molecule has 2 aliphatic rings. The summed E-state index contributed by atoms with van der Waals surface area (Å²) in [5.74, 6) is 5.76. The number of carbonyl (C=O) groups excluding carboxylic acids is 1. The van der Waals surface area contributed by atoms with Gasteiger partial charge in [0, 0.05) is 12.8 Å². The van der Waals surface area contributed by atoms with Crippen LogP contribution >= 0.6 is 23.5 Å². The second kappa shape index (κ2) is 11.6. The first-order valence-electron chi connectivity index (χ1n) is 9.49. The van der Waals surface area contributed by atoms with E-state index in [4.69, 9.17) is 30.9 Å². The summed E-state index contributed by atoms with van der Waals surface area (Å²) in [6.45, 7) is -0.449. The van der Waals surface area contributed by atoms with E-state index in [1.165, 1.54) is 4.90 Å². The summed E-state index contributed by atoms with van der Waals surface area (Å²) in [5, 5.41) is 12.6. The summed E-state index contributed by atoms with van der Waals surface area (Å²) in [4.78, 5) is 49.2. The molecule has 0 aromatic heterocycles. The molecule has 20 heteroatoms. The summed E-state index contributed by atoms with van der Waals surface area (Å²) < 4.78 is 51.0. The molecule has 2 rings (SSSR count). The van der Waals surface area contributed by atoms with Crippen molar-refractivity contribution < 1.29 is 61.1 Å². The third-order valence-corrected chi connectivity index (χ3v) is 8.07. The molecule has 34 heavy (non-hydrogen) atoms. The smallest absolute Gasteiger partial charge is 0.390 e. The number of rotatable bonds is 10. The molecule has 0 saturated carbocycles. The minimum absolute atomic E-state index is 0.0483. The molecule has 2 heterocycles. The number of carbonyl (C=O) groups is 1. The van der Waals surface area contributed by atoms with Crippen LogP contribution in [0.5, 0.6) is 0 Å². The Bertz CT molecular complexity index is 1000. The fraction of sp³-hybridized carbons (Fsp3) is 0.643. The van der Waals surface area contributed by atoms with E-state index in [0.29, 0.717) is 25.0 Å². The Morgan fingerprint density at radius 1 is 1.18 bits per heavy atom. The van der Waals surface area contributed by atoms with Crippen LogP contribution in [-0.2, 0) is 31.6 Å². The predicted molar refractivity (Wildman–Crippen MR) is 112 cm³/mol. The molecule has 5 atom stereocenters. The third kappa shape index (κ3) is 9.03. The van der Waals surface area contributed by atoms with Crippen molar-refractivity contribution in [3.8, 4) is 11.8 Å². The number of amides is 2. The van der Waals surface area contributed by atoms with Crippen molar-refractivity contribution in [3.63, 3.8) is 0 Å². The second-order valence-electron chi connectivity index (χ2n) is 6.96. The molecule has 0 radical (unpaired) electrons. The SMILES string of the molecule is NCCCC#CC1=C(N)NC(=O)N(C2CC(O)C(COP(=O)(O)OP(=O)(O)OP(=O)(O)O)O2)C1. The molecule has 10 N–H and O–H groups in total. The third-order valence-electron chi connectivity index (χ3n) is 4.27. The first-order valence-corrected chi connectivity index (χ1v) is 14.0. The van der Waals surface area contributed by atoms with Crippen LogP contribution in [0.15, 0.2) is 11.4 Å². The standard InChI is InChI=1S/C14H25N4O13P3/c15-5-3-1-2-4-9-7-18(14(20)17-13(9)16)12-6-10(19)11(29-12)8-28-33(24,25)31-34(26,27)30-32(21,22)23/h10-12,19H,1,3,5-8,15-16H2,(H,17,20)(H,24,25)(H,26,27)(H2,21,22,23). The van der Waals surface area contributed by atoms with Gasteiger partial charge in [0.05, 0.1) is 24.8 Å². The van der Waals surface area contributed by atoms with Gasteiger partial charge in [0.15, 0.2) is 0 Å². The van der Waals surface area contributed by atoms with E-state index in [1.54, 1.807) is 0 Å². The lowest BCUT2D eigenvalue weighted by Gasteiger charge is -2.32. The highest BCUT2D eigenvalue weighted by Gasteiger charge is 2.44. The minimum Gasteiger partial charge on any atom is -0.390 e. The summed E-state index contributed by atoms with van der Waals surface area (Å²) in [7, 11) is -16.6. The number of nitrogens with two attached hydrogens (primary N) is 2. The lowest BCUT2D eigenvalue weighted by Crippen LogP contribution is -2.52. The van der Waals surface area contributed by atoms with Gasteiger partial charge in [-0.3, -0.25) is 14.7 Å². The average molecular weight is 550 g/mol. The van der Waals surface area contributed by atoms with E-state index in [9.17, 15) is 28.5 Å². The van der Waals surface area contributed by atoms with Gasteiger partial charge < -0.3 is 40.9 Å². The molecule has 1 saturated heterocycles. The van der Waals surface area contributed by atoms with Gasteiger partial charge in [0.25, 0.3) is 0 Å². The zero-order chi connectivity index (χ0) is 25.7. The van der Waals surface area contributed by atoms with Crippen molar-refractivity contribution in [2.45, 2.75) is 37.7 Å². The van der Waals surface area contributed by atoms with Gasteiger partial charge in [-0.2, -0.15) is 8.62 Å². The van der Waals surface area contributed by atoms with Gasteiger partial charge in [-0.05, 0) is 13.0 Å². The van der Waals surface area contributed by atoms with E-state index in [0.717, 1.165) is 0 Å². The number of unbranched alkanes of at least 4 members (excludes halogenated alkanes) is 1. The van der Waals surface area contributed by atoms with Crippen LogP contribution in [0, 0.1) is 11.8 Å². The van der Waals surface area contributed by atoms with Crippen molar-refractivity contribution in [2.75, 3.05) is 19.7 Å². The summed E-state index contributed by atoms with van der Waals surface area (Å²) in [5.41, 5.74) is 11.6. The van der Waals surface area contributed by atoms with Crippen molar-refractivity contribution in [2.24, 2.45) is 11.5 Å². The number of phosphoric ester groups is 1. The molecule has 0 aromatic carbocycles.